The van der Waals surface area contributed by atoms with Gasteiger partial charge in [-0.05, 0) is 205 Å². The summed E-state index contributed by atoms with van der Waals surface area (Å²) < 4.78 is 4.83. The van der Waals surface area contributed by atoms with Crippen LogP contribution in [0, 0.1) is 0 Å². The van der Waals surface area contributed by atoms with Gasteiger partial charge in [0.1, 0.15) is 0 Å². The van der Waals surface area contributed by atoms with Crippen molar-refractivity contribution >= 4 is 86.7 Å². The lowest BCUT2D eigenvalue weighted by Gasteiger charge is -2.23. The number of aromatic nitrogens is 2. The molecule has 100 heavy (non-hydrogen) atoms. The van der Waals surface area contributed by atoms with Crippen LogP contribution >= 0.6 is 0 Å². The highest BCUT2D eigenvalue weighted by atomic mass is 15.0. The molecule has 2 heteroatoms. The lowest BCUT2D eigenvalue weighted by atomic mass is 9.81. The van der Waals surface area contributed by atoms with Crippen molar-refractivity contribution in [3.8, 4) is 89.3 Å². The fourth-order valence-electron chi connectivity index (χ4n) is 15.8. The van der Waals surface area contributed by atoms with Gasteiger partial charge < -0.3 is 9.13 Å². The van der Waals surface area contributed by atoms with Gasteiger partial charge in [0, 0.05) is 32.9 Å². The second-order valence-corrected chi connectivity index (χ2v) is 27.5. The molecular weight excluding hydrogens is 1210 g/mol. The number of nitrogens with zero attached hydrogens (tertiary/aromatic N) is 2. The maximum absolute atomic E-state index is 2.43. The van der Waals surface area contributed by atoms with Crippen molar-refractivity contribution < 1.29 is 0 Å². The Morgan fingerprint density at radius 2 is 0.420 bits per heavy atom. The maximum Gasteiger partial charge on any atom is 0.0541 e. The molecule has 2 nitrogen and oxygen atoms in total. The zero-order valence-corrected chi connectivity index (χ0v) is 56.1. The lowest BCUT2D eigenvalue weighted by Crippen LogP contribution is -2.10. The predicted octanol–water partition coefficient (Wildman–Crippen LogP) is 27.1. The van der Waals surface area contributed by atoms with Crippen LogP contribution in [0.4, 0.5) is 0 Å². The first-order chi connectivity index (χ1) is 49.3. The molecule has 2 heterocycles. The van der Waals surface area contributed by atoms with Gasteiger partial charge in [0.2, 0.25) is 0 Å². The van der Waals surface area contributed by atoms with Crippen LogP contribution in [0.3, 0.4) is 0 Å². The fraction of sp³-hybridized carbons (Fsp3) is 0.0408. The second-order valence-electron chi connectivity index (χ2n) is 27.5. The fourth-order valence-corrected chi connectivity index (χ4v) is 15.8. The molecule has 0 saturated heterocycles. The number of para-hydroxylation sites is 1. The Morgan fingerprint density at radius 3 is 0.760 bits per heavy atom. The van der Waals surface area contributed by atoms with Crippen molar-refractivity contribution in [1.82, 2.24) is 9.13 Å². The van der Waals surface area contributed by atoms with Crippen LogP contribution in [0.25, 0.3) is 176 Å². The third-order valence-electron chi connectivity index (χ3n) is 20.5. The molecule has 0 N–H and O–H groups in total. The van der Waals surface area contributed by atoms with Gasteiger partial charge in [0.15, 0.2) is 0 Å². The topological polar surface area (TPSA) is 9.86 Å². The van der Waals surface area contributed by atoms with Gasteiger partial charge >= 0.3 is 0 Å². The first-order valence-electron chi connectivity index (χ1n) is 34.8. The van der Waals surface area contributed by atoms with Crippen LogP contribution in [-0.2, 0) is 5.41 Å². The molecule has 0 aliphatic rings. The highest BCUT2D eigenvalue weighted by Crippen LogP contribution is 2.48. The van der Waals surface area contributed by atoms with E-state index in [0.29, 0.717) is 0 Å². The molecule has 0 spiro atoms. The van der Waals surface area contributed by atoms with Gasteiger partial charge in [-0.15, -0.1) is 0 Å². The van der Waals surface area contributed by atoms with Gasteiger partial charge in [-0.3, -0.25) is 0 Å². The average molecular weight is 1280 g/mol. The quantitative estimate of drug-likeness (QED) is 0.128. The van der Waals surface area contributed by atoms with Crippen LogP contribution in [0.15, 0.2) is 370 Å². The molecule has 0 saturated carbocycles. The SMILES string of the molecule is CC(C)(C)c1ccc2c(-c3ccc(-n4c5ccccc5c5cc(-c6ccccc6)ccc54)cc3)c3ccccc3c(-c3ccccc3)c2c1.c1ccc(-c2ccc3c(c2)c2cc(-c4ccccc4)ccc2n3-c2ccc(-c3c4ccccc4c(-c4ccccc4)c4ccccc34)cc2)cc1. The van der Waals surface area contributed by atoms with E-state index in [1.165, 1.54) is 170 Å². The summed E-state index contributed by atoms with van der Waals surface area (Å²) in [5.74, 6) is 0. The Hall–Kier alpha value is -12.6. The molecule has 0 atom stereocenters. The average Bonchev–Trinajstić information content (AvgIpc) is 0.857. The zero-order valence-electron chi connectivity index (χ0n) is 56.1. The smallest absolute Gasteiger partial charge is 0.0541 e. The summed E-state index contributed by atoms with van der Waals surface area (Å²) in [5, 5.41) is 15.2. The molecule has 0 aliphatic carbocycles. The summed E-state index contributed by atoms with van der Waals surface area (Å²) in [4.78, 5) is 0. The second kappa shape index (κ2) is 24.8. The summed E-state index contributed by atoms with van der Waals surface area (Å²) in [6, 6.07) is 135. The molecule has 472 valence electrons. The van der Waals surface area contributed by atoms with Gasteiger partial charge in [-0.2, -0.15) is 0 Å². The standard InChI is InChI=1S/C50H33N.C48H37N/c1-4-14-34(15-5-1)38-26-30-47-45(32-38)46-33-39(35-16-6-2-7-17-35)27-31-48(46)51(47)40-28-24-37(25-29-40)50-43-22-12-10-20-41(43)49(36-18-8-3-9-19-36)42-21-11-13-23-44(42)50;1-48(2,3)36-25-28-41-43(31-36)47(33-16-8-5-9-17-33)40-20-11-10-19-39(40)46(41)34-22-26-37(27-23-34)49-44-21-13-12-18-38(44)42-30-35(24-29-45(42)49)32-14-6-4-7-15-32/h1-33H;4-31H,1-3H3. The summed E-state index contributed by atoms with van der Waals surface area (Å²) in [6.07, 6.45) is 0. The van der Waals surface area contributed by atoms with E-state index < -0.39 is 0 Å². The van der Waals surface area contributed by atoms with E-state index in [2.05, 4.69) is 400 Å². The first kappa shape index (κ1) is 59.8. The minimum Gasteiger partial charge on any atom is -0.309 e. The Balaban J connectivity index is 0.000000144. The lowest BCUT2D eigenvalue weighted by molar-refractivity contribution is 0.591. The summed E-state index contributed by atoms with van der Waals surface area (Å²) >= 11 is 0. The molecule has 0 unspecified atom stereocenters. The summed E-state index contributed by atoms with van der Waals surface area (Å²) in [6.45, 7) is 6.90. The molecular formula is C98H70N2. The molecule has 0 radical (unpaired) electrons. The predicted molar refractivity (Wildman–Crippen MR) is 428 cm³/mol. The Kier molecular flexibility index (Phi) is 14.8. The third kappa shape index (κ3) is 10.4. The number of fused-ring (bicyclic) bond motifs is 10. The maximum atomic E-state index is 2.43. The van der Waals surface area contributed by atoms with E-state index in [1.807, 2.05) is 0 Å². The van der Waals surface area contributed by atoms with Crippen molar-refractivity contribution in [3.05, 3.63) is 376 Å². The number of rotatable bonds is 9. The van der Waals surface area contributed by atoms with Gasteiger partial charge in [-0.25, -0.2) is 0 Å². The highest BCUT2D eigenvalue weighted by Gasteiger charge is 2.23. The van der Waals surface area contributed by atoms with Crippen LogP contribution < -0.4 is 0 Å². The summed E-state index contributed by atoms with van der Waals surface area (Å²) in [5.41, 5.74) is 26.0. The monoisotopic (exact) mass is 1270 g/mol. The van der Waals surface area contributed by atoms with E-state index in [0.717, 1.165) is 11.4 Å². The molecule has 0 bridgehead atoms. The zero-order chi connectivity index (χ0) is 66.8. The molecule has 19 aromatic rings. The molecule has 0 amide bonds. The van der Waals surface area contributed by atoms with Crippen molar-refractivity contribution in [2.75, 3.05) is 0 Å². The molecule has 2 aromatic heterocycles. The van der Waals surface area contributed by atoms with Gasteiger partial charge in [0.25, 0.3) is 0 Å². The summed E-state index contributed by atoms with van der Waals surface area (Å²) in [7, 11) is 0. The van der Waals surface area contributed by atoms with E-state index in [4.69, 9.17) is 0 Å². The van der Waals surface area contributed by atoms with Crippen molar-refractivity contribution in [3.63, 3.8) is 0 Å². The van der Waals surface area contributed by atoms with Crippen LogP contribution in [-0.4, -0.2) is 9.13 Å². The minimum atomic E-state index is 0.0414. The molecule has 0 aliphatic heterocycles. The van der Waals surface area contributed by atoms with Crippen LogP contribution in [0.1, 0.15) is 26.3 Å². The third-order valence-corrected chi connectivity index (χ3v) is 20.5. The number of hydrogen-bond donors (Lipinski definition) is 0. The van der Waals surface area contributed by atoms with E-state index in [9.17, 15) is 0 Å². The van der Waals surface area contributed by atoms with Crippen LogP contribution in [0.2, 0.25) is 0 Å². The highest BCUT2D eigenvalue weighted by molar-refractivity contribution is 6.23. The largest absolute Gasteiger partial charge is 0.309 e. The normalized spacial score (nSPS) is 11.8. The number of benzene rings is 17. The van der Waals surface area contributed by atoms with Crippen molar-refractivity contribution in [2.24, 2.45) is 0 Å². The number of hydrogen-bond acceptors (Lipinski definition) is 0. The molecule has 17 aromatic carbocycles. The van der Waals surface area contributed by atoms with E-state index >= 15 is 0 Å². The van der Waals surface area contributed by atoms with Crippen molar-refractivity contribution in [1.29, 1.82) is 0 Å². The van der Waals surface area contributed by atoms with Gasteiger partial charge in [-0.1, -0.05) is 318 Å². The Bertz CT molecular complexity index is 6140. The van der Waals surface area contributed by atoms with Crippen molar-refractivity contribution in [2.45, 2.75) is 26.2 Å². The molecule has 19 rings (SSSR count). The van der Waals surface area contributed by atoms with Crippen LogP contribution in [0.5, 0.6) is 0 Å². The van der Waals surface area contributed by atoms with Gasteiger partial charge in [0.05, 0.1) is 22.1 Å². The minimum absolute atomic E-state index is 0.0414. The Morgan fingerprint density at radius 1 is 0.170 bits per heavy atom. The van der Waals surface area contributed by atoms with E-state index in [-0.39, 0.29) is 5.41 Å². The van der Waals surface area contributed by atoms with E-state index in [1.54, 1.807) is 0 Å². The first-order valence-corrected chi connectivity index (χ1v) is 34.8. The Labute approximate surface area is 583 Å². The molecule has 0 fully saturated rings.